The third kappa shape index (κ3) is 5.28. The number of hydrogen-bond donors (Lipinski definition) is 1. The SMILES string of the molecule is CCSCCC(C)N(C)C(=O)CC1(CN)CCCCC1. The highest BCUT2D eigenvalue weighted by Gasteiger charge is 2.34. The van der Waals surface area contributed by atoms with Gasteiger partial charge in [-0.15, -0.1) is 0 Å². The van der Waals surface area contributed by atoms with Gasteiger partial charge < -0.3 is 10.6 Å². The number of rotatable bonds is 8. The van der Waals surface area contributed by atoms with Crippen LogP contribution in [-0.2, 0) is 4.79 Å². The zero-order valence-electron chi connectivity index (χ0n) is 13.5. The van der Waals surface area contributed by atoms with E-state index in [1.165, 1.54) is 19.3 Å². The lowest BCUT2D eigenvalue weighted by atomic mass is 9.71. The summed E-state index contributed by atoms with van der Waals surface area (Å²) in [5.41, 5.74) is 6.07. The number of nitrogens with zero attached hydrogens (tertiary/aromatic N) is 1. The van der Waals surface area contributed by atoms with E-state index in [0.29, 0.717) is 19.0 Å². The van der Waals surface area contributed by atoms with E-state index in [-0.39, 0.29) is 11.3 Å². The van der Waals surface area contributed by atoms with Crippen LogP contribution >= 0.6 is 11.8 Å². The fourth-order valence-corrected chi connectivity index (χ4v) is 3.83. The monoisotopic (exact) mass is 300 g/mol. The first-order valence-corrected chi connectivity index (χ1v) is 9.23. The van der Waals surface area contributed by atoms with Crippen molar-refractivity contribution in [1.82, 2.24) is 4.90 Å². The minimum Gasteiger partial charge on any atom is -0.343 e. The zero-order chi connectivity index (χ0) is 15.0. The van der Waals surface area contributed by atoms with Crippen LogP contribution < -0.4 is 5.73 Å². The van der Waals surface area contributed by atoms with E-state index in [4.69, 9.17) is 5.73 Å². The van der Waals surface area contributed by atoms with Crippen LogP contribution in [0.4, 0.5) is 0 Å². The third-order valence-corrected chi connectivity index (χ3v) is 5.74. The van der Waals surface area contributed by atoms with E-state index < -0.39 is 0 Å². The molecule has 1 rings (SSSR count). The molecule has 1 amide bonds. The molecule has 0 aliphatic heterocycles. The molecule has 0 spiro atoms. The van der Waals surface area contributed by atoms with Gasteiger partial charge in [0.15, 0.2) is 0 Å². The molecule has 20 heavy (non-hydrogen) atoms. The van der Waals surface area contributed by atoms with E-state index >= 15 is 0 Å². The van der Waals surface area contributed by atoms with E-state index in [9.17, 15) is 4.79 Å². The fourth-order valence-electron chi connectivity index (χ4n) is 3.04. The van der Waals surface area contributed by atoms with Crippen molar-refractivity contribution < 1.29 is 4.79 Å². The Balaban J connectivity index is 2.46. The number of carbonyl (C=O) groups excluding carboxylic acids is 1. The lowest BCUT2D eigenvalue weighted by Crippen LogP contribution is -2.42. The van der Waals surface area contributed by atoms with Crippen molar-refractivity contribution in [2.75, 3.05) is 25.1 Å². The molecule has 0 saturated heterocycles. The van der Waals surface area contributed by atoms with Crippen LogP contribution in [0.5, 0.6) is 0 Å². The van der Waals surface area contributed by atoms with Gasteiger partial charge in [-0.1, -0.05) is 26.2 Å². The van der Waals surface area contributed by atoms with E-state index in [1.54, 1.807) is 0 Å². The van der Waals surface area contributed by atoms with Crippen molar-refractivity contribution in [1.29, 1.82) is 0 Å². The second-order valence-corrected chi connectivity index (χ2v) is 7.67. The van der Waals surface area contributed by atoms with Crippen LogP contribution in [0.1, 0.15) is 58.8 Å². The van der Waals surface area contributed by atoms with Crippen molar-refractivity contribution >= 4 is 17.7 Å². The lowest BCUT2D eigenvalue weighted by Gasteiger charge is -2.37. The van der Waals surface area contributed by atoms with Crippen LogP contribution in [-0.4, -0.2) is 41.9 Å². The van der Waals surface area contributed by atoms with Crippen molar-refractivity contribution in [2.24, 2.45) is 11.1 Å². The van der Waals surface area contributed by atoms with Gasteiger partial charge in [-0.05, 0) is 49.7 Å². The Morgan fingerprint density at radius 2 is 2.00 bits per heavy atom. The Morgan fingerprint density at radius 3 is 2.55 bits per heavy atom. The molecule has 118 valence electrons. The van der Waals surface area contributed by atoms with Gasteiger partial charge in [0.25, 0.3) is 0 Å². The quantitative estimate of drug-likeness (QED) is 0.700. The molecule has 1 aliphatic carbocycles. The number of nitrogens with two attached hydrogens (primary N) is 1. The first-order valence-electron chi connectivity index (χ1n) is 8.08. The van der Waals surface area contributed by atoms with Crippen LogP contribution in [0, 0.1) is 5.41 Å². The maximum absolute atomic E-state index is 12.5. The molecule has 1 atom stereocenters. The first-order chi connectivity index (χ1) is 9.54. The molecular weight excluding hydrogens is 268 g/mol. The number of carbonyl (C=O) groups is 1. The van der Waals surface area contributed by atoms with Crippen LogP contribution in [0.15, 0.2) is 0 Å². The van der Waals surface area contributed by atoms with Crippen molar-refractivity contribution in [3.05, 3.63) is 0 Å². The highest BCUT2D eigenvalue weighted by atomic mass is 32.2. The fraction of sp³-hybridized carbons (Fsp3) is 0.938. The maximum Gasteiger partial charge on any atom is 0.223 e. The number of thioether (sulfide) groups is 1. The largest absolute Gasteiger partial charge is 0.343 e. The summed E-state index contributed by atoms with van der Waals surface area (Å²) < 4.78 is 0. The van der Waals surface area contributed by atoms with E-state index in [2.05, 4.69) is 13.8 Å². The minimum atomic E-state index is 0.0848. The molecule has 0 aromatic rings. The van der Waals surface area contributed by atoms with Gasteiger partial charge in [-0.3, -0.25) is 4.79 Å². The average molecular weight is 301 g/mol. The summed E-state index contributed by atoms with van der Waals surface area (Å²) in [5.74, 6) is 2.57. The highest BCUT2D eigenvalue weighted by molar-refractivity contribution is 7.99. The molecule has 0 heterocycles. The summed E-state index contributed by atoms with van der Waals surface area (Å²) in [5, 5.41) is 0. The third-order valence-electron chi connectivity index (χ3n) is 4.81. The van der Waals surface area contributed by atoms with E-state index in [0.717, 1.165) is 30.8 Å². The van der Waals surface area contributed by atoms with Gasteiger partial charge in [0, 0.05) is 19.5 Å². The summed E-state index contributed by atoms with van der Waals surface area (Å²) in [6.45, 7) is 5.00. The molecule has 3 nitrogen and oxygen atoms in total. The zero-order valence-corrected chi connectivity index (χ0v) is 14.3. The molecule has 0 aromatic carbocycles. The van der Waals surface area contributed by atoms with Crippen LogP contribution in [0.3, 0.4) is 0 Å². The molecule has 0 aromatic heterocycles. The molecule has 0 bridgehead atoms. The predicted molar refractivity (Wildman–Crippen MR) is 89.0 cm³/mol. The van der Waals surface area contributed by atoms with Crippen molar-refractivity contribution in [2.45, 2.75) is 64.8 Å². The van der Waals surface area contributed by atoms with Crippen molar-refractivity contribution in [3.8, 4) is 0 Å². The lowest BCUT2D eigenvalue weighted by molar-refractivity contribution is -0.134. The van der Waals surface area contributed by atoms with Crippen LogP contribution in [0.2, 0.25) is 0 Å². The predicted octanol–water partition coefficient (Wildman–Crippen LogP) is 3.28. The van der Waals surface area contributed by atoms with Gasteiger partial charge in [-0.25, -0.2) is 0 Å². The summed E-state index contributed by atoms with van der Waals surface area (Å²) in [6.07, 6.45) is 7.75. The molecular formula is C16H32N2OS. The van der Waals surface area contributed by atoms with Gasteiger partial charge >= 0.3 is 0 Å². The topological polar surface area (TPSA) is 46.3 Å². The first kappa shape index (κ1) is 17.8. The summed E-state index contributed by atoms with van der Waals surface area (Å²) in [7, 11) is 1.96. The standard InChI is InChI=1S/C16H32N2OS/c1-4-20-11-8-14(2)18(3)15(19)12-16(13-17)9-6-5-7-10-16/h14H,4-13,17H2,1-3H3. The summed E-state index contributed by atoms with van der Waals surface area (Å²) in [6, 6.07) is 0.333. The molecule has 1 unspecified atom stereocenters. The Bertz CT molecular complexity index is 290. The molecule has 1 saturated carbocycles. The molecule has 4 heteroatoms. The molecule has 0 radical (unpaired) electrons. The van der Waals surface area contributed by atoms with Gasteiger partial charge in [0.05, 0.1) is 0 Å². The molecule has 1 fully saturated rings. The second kappa shape index (κ2) is 8.93. The highest BCUT2D eigenvalue weighted by Crippen LogP contribution is 2.38. The smallest absolute Gasteiger partial charge is 0.223 e. The summed E-state index contributed by atoms with van der Waals surface area (Å²) in [4.78, 5) is 14.5. The number of amides is 1. The normalized spacial score (nSPS) is 19.6. The Morgan fingerprint density at radius 1 is 1.35 bits per heavy atom. The summed E-state index contributed by atoms with van der Waals surface area (Å²) >= 11 is 1.95. The Hall–Kier alpha value is -0.220. The van der Waals surface area contributed by atoms with Crippen LogP contribution in [0.25, 0.3) is 0 Å². The van der Waals surface area contributed by atoms with E-state index in [1.807, 2.05) is 23.7 Å². The van der Waals surface area contributed by atoms with Crippen molar-refractivity contribution in [3.63, 3.8) is 0 Å². The Kier molecular flexibility index (Phi) is 7.96. The second-order valence-electron chi connectivity index (χ2n) is 6.28. The molecule has 2 N–H and O–H groups in total. The number of hydrogen-bond acceptors (Lipinski definition) is 3. The maximum atomic E-state index is 12.5. The van der Waals surface area contributed by atoms with Gasteiger partial charge in [-0.2, -0.15) is 11.8 Å². The van der Waals surface area contributed by atoms with Gasteiger partial charge in [0.1, 0.15) is 0 Å². The average Bonchev–Trinajstić information content (AvgIpc) is 2.47. The molecule has 1 aliphatic rings. The Labute approximate surface area is 129 Å². The van der Waals surface area contributed by atoms with Gasteiger partial charge in [0.2, 0.25) is 5.91 Å². The minimum absolute atomic E-state index is 0.0848.